The highest BCUT2D eigenvalue weighted by Gasteiger charge is 2.48. The first-order chi connectivity index (χ1) is 17.9. The number of likely N-dealkylation sites (tertiary alicyclic amines) is 1. The summed E-state index contributed by atoms with van der Waals surface area (Å²) in [5, 5.41) is 4.36. The molecular formula is C23H20F5N5O5. The average Bonchev–Trinajstić information content (AvgIpc) is 3.38. The SMILES string of the molecule is CO[C@H]1[C@@H](C(=O)Cc2cccc(OC(F)(F)F)c2F)N(C(=O)Cn2nc(C(N)=O)c3ccncc32)C[C@@H]1F. The van der Waals surface area contributed by atoms with Crippen LogP contribution in [-0.2, 0) is 27.3 Å². The van der Waals surface area contributed by atoms with Crippen molar-refractivity contribution < 1.29 is 45.8 Å². The Hall–Kier alpha value is -4.14. The van der Waals surface area contributed by atoms with Crippen molar-refractivity contribution in [1.82, 2.24) is 19.7 Å². The first-order valence-electron chi connectivity index (χ1n) is 11.0. The number of carbonyl (C=O) groups is 3. The van der Waals surface area contributed by atoms with Crippen molar-refractivity contribution in [3.63, 3.8) is 0 Å². The molecule has 0 unspecified atom stereocenters. The van der Waals surface area contributed by atoms with Crippen LogP contribution in [0.3, 0.4) is 0 Å². The lowest BCUT2D eigenvalue weighted by atomic mass is 9.99. The lowest BCUT2D eigenvalue weighted by molar-refractivity contribution is -0.275. The Bertz CT molecular complexity index is 1390. The summed E-state index contributed by atoms with van der Waals surface area (Å²) in [4.78, 5) is 43.0. The van der Waals surface area contributed by atoms with Gasteiger partial charge in [-0.15, -0.1) is 13.2 Å². The van der Waals surface area contributed by atoms with Crippen LogP contribution >= 0.6 is 0 Å². The lowest BCUT2D eigenvalue weighted by Crippen LogP contribution is -2.47. The summed E-state index contributed by atoms with van der Waals surface area (Å²) in [6.45, 7) is -1.08. The van der Waals surface area contributed by atoms with Crippen LogP contribution in [0, 0.1) is 5.82 Å². The molecule has 0 aliphatic carbocycles. The predicted octanol–water partition coefficient (Wildman–Crippen LogP) is 1.94. The molecule has 1 fully saturated rings. The van der Waals surface area contributed by atoms with E-state index < -0.39 is 78.9 Å². The molecule has 2 aromatic heterocycles. The minimum Gasteiger partial charge on any atom is -0.403 e. The molecular weight excluding hydrogens is 521 g/mol. The van der Waals surface area contributed by atoms with E-state index in [4.69, 9.17) is 10.5 Å². The van der Waals surface area contributed by atoms with E-state index in [1.54, 1.807) is 0 Å². The molecule has 3 heterocycles. The second-order valence-corrected chi connectivity index (χ2v) is 8.39. The molecule has 0 saturated carbocycles. The minimum atomic E-state index is -5.17. The molecule has 1 saturated heterocycles. The molecule has 0 radical (unpaired) electrons. The average molecular weight is 541 g/mol. The van der Waals surface area contributed by atoms with Crippen molar-refractivity contribution in [2.75, 3.05) is 13.7 Å². The van der Waals surface area contributed by atoms with Crippen LogP contribution in [0.25, 0.3) is 10.9 Å². The maximum Gasteiger partial charge on any atom is 0.573 e. The summed E-state index contributed by atoms with van der Waals surface area (Å²) < 4.78 is 77.0. The van der Waals surface area contributed by atoms with Crippen LogP contribution in [0.5, 0.6) is 5.75 Å². The van der Waals surface area contributed by atoms with Crippen LogP contribution in [0.4, 0.5) is 22.0 Å². The van der Waals surface area contributed by atoms with Crippen LogP contribution < -0.4 is 10.5 Å². The third kappa shape index (κ3) is 5.27. The first-order valence-corrected chi connectivity index (χ1v) is 11.0. The highest BCUT2D eigenvalue weighted by molar-refractivity contribution is 6.04. The maximum atomic E-state index is 14.8. The van der Waals surface area contributed by atoms with Gasteiger partial charge in [0.25, 0.3) is 5.91 Å². The number of Topliss-reactive ketones (excluding diaryl/α,β-unsaturated/α-hetero) is 1. The molecule has 1 aliphatic rings. The fourth-order valence-corrected chi connectivity index (χ4v) is 4.40. The van der Waals surface area contributed by atoms with Gasteiger partial charge in [0.1, 0.15) is 24.9 Å². The van der Waals surface area contributed by atoms with E-state index in [0.717, 1.165) is 34.9 Å². The number of amides is 2. The molecule has 2 N–H and O–H groups in total. The molecule has 0 bridgehead atoms. The van der Waals surface area contributed by atoms with E-state index in [-0.39, 0.29) is 11.2 Å². The monoisotopic (exact) mass is 541 g/mol. The number of nitrogens with two attached hydrogens (primary N) is 1. The van der Waals surface area contributed by atoms with E-state index in [1.165, 1.54) is 18.5 Å². The summed E-state index contributed by atoms with van der Waals surface area (Å²) in [5.41, 5.74) is 5.05. The van der Waals surface area contributed by atoms with Crippen molar-refractivity contribution >= 4 is 28.5 Å². The molecule has 1 aliphatic heterocycles. The fourth-order valence-electron chi connectivity index (χ4n) is 4.40. The van der Waals surface area contributed by atoms with Gasteiger partial charge in [0.2, 0.25) is 5.91 Å². The molecule has 3 atom stereocenters. The number of alkyl halides is 4. The van der Waals surface area contributed by atoms with Crippen molar-refractivity contribution in [2.45, 2.75) is 37.6 Å². The molecule has 0 spiro atoms. The zero-order valence-corrected chi connectivity index (χ0v) is 19.6. The summed E-state index contributed by atoms with van der Waals surface area (Å²) >= 11 is 0. The Labute approximate surface area is 211 Å². The number of carbonyl (C=O) groups excluding carboxylic acids is 3. The van der Waals surface area contributed by atoms with Gasteiger partial charge in [-0.3, -0.25) is 24.0 Å². The Morgan fingerprint density at radius 3 is 2.61 bits per heavy atom. The van der Waals surface area contributed by atoms with Crippen LogP contribution in [0.1, 0.15) is 16.1 Å². The van der Waals surface area contributed by atoms with E-state index in [2.05, 4.69) is 14.8 Å². The summed E-state index contributed by atoms with van der Waals surface area (Å²) in [5.74, 6) is -5.08. The quantitative estimate of drug-likeness (QED) is 0.432. The van der Waals surface area contributed by atoms with E-state index in [0.29, 0.717) is 5.39 Å². The van der Waals surface area contributed by atoms with E-state index in [1.807, 2.05) is 0 Å². The summed E-state index contributed by atoms with van der Waals surface area (Å²) in [6, 6.07) is 2.81. The van der Waals surface area contributed by atoms with Crippen molar-refractivity contribution in [3.05, 3.63) is 53.7 Å². The molecule has 1 aromatic carbocycles. The summed E-state index contributed by atoms with van der Waals surface area (Å²) in [6.07, 6.45) is -6.42. The van der Waals surface area contributed by atoms with Crippen LogP contribution in [0.15, 0.2) is 36.7 Å². The number of benzene rings is 1. The fraction of sp³-hybridized carbons (Fsp3) is 0.348. The molecule has 202 valence electrons. The number of fused-ring (bicyclic) bond motifs is 1. The minimum absolute atomic E-state index is 0.126. The van der Waals surface area contributed by atoms with Crippen molar-refractivity contribution in [2.24, 2.45) is 5.73 Å². The molecule has 2 amide bonds. The highest BCUT2D eigenvalue weighted by atomic mass is 19.4. The number of hydrogen-bond donors (Lipinski definition) is 1. The zero-order valence-electron chi connectivity index (χ0n) is 19.6. The predicted molar refractivity (Wildman–Crippen MR) is 119 cm³/mol. The van der Waals surface area contributed by atoms with Crippen LogP contribution in [0.2, 0.25) is 0 Å². The molecule has 3 aromatic rings. The third-order valence-electron chi connectivity index (χ3n) is 6.00. The highest BCUT2D eigenvalue weighted by Crippen LogP contribution is 2.30. The van der Waals surface area contributed by atoms with Gasteiger partial charge < -0.3 is 20.1 Å². The third-order valence-corrected chi connectivity index (χ3v) is 6.00. The van der Waals surface area contributed by atoms with Gasteiger partial charge in [-0.25, -0.2) is 8.78 Å². The first kappa shape index (κ1) is 26.9. The van der Waals surface area contributed by atoms with Gasteiger partial charge in [-0.05, 0) is 17.7 Å². The molecule has 10 nitrogen and oxygen atoms in total. The van der Waals surface area contributed by atoms with Gasteiger partial charge in [0.15, 0.2) is 23.0 Å². The van der Waals surface area contributed by atoms with Gasteiger partial charge in [0, 0.05) is 25.1 Å². The number of ether oxygens (including phenoxy) is 2. The number of nitrogens with zero attached hydrogens (tertiary/aromatic N) is 4. The Morgan fingerprint density at radius 2 is 1.95 bits per heavy atom. The second-order valence-electron chi connectivity index (χ2n) is 8.39. The van der Waals surface area contributed by atoms with Gasteiger partial charge in [-0.1, -0.05) is 12.1 Å². The Morgan fingerprint density at radius 1 is 1.21 bits per heavy atom. The number of halogens is 5. The maximum absolute atomic E-state index is 14.8. The van der Waals surface area contributed by atoms with E-state index >= 15 is 0 Å². The van der Waals surface area contributed by atoms with E-state index in [9.17, 15) is 36.3 Å². The normalized spacial score (nSPS) is 19.6. The Kier molecular flexibility index (Phi) is 7.31. The number of aromatic nitrogens is 3. The largest absolute Gasteiger partial charge is 0.573 e. The standard InChI is InChI=1S/C23H20F5N5O5/c1-37-21-13(24)9-32(17(35)10-33-14-8-30-6-5-12(14)19(31-33)22(29)36)20(21)15(34)7-11-3-2-4-16(18(11)25)38-23(26,27)28/h2-6,8,13,20-21H,7,9-10H2,1H3,(H2,29,36)/t13-,20+,21+/m0/s1. The van der Waals surface area contributed by atoms with Crippen LogP contribution in [-0.4, -0.2) is 75.6 Å². The number of methoxy groups -OCH3 is 1. The van der Waals surface area contributed by atoms with Gasteiger partial charge in [-0.2, -0.15) is 5.10 Å². The molecule has 15 heteroatoms. The molecule has 38 heavy (non-hydrogen) atoms. The zero-order chi connectivity index (χ0) is 27.8. The van der Waals surface area contributed by atoms with Crippen molar-refractivity contribution in [3.8, 4) is 5.75 Å². The van der Waals surface area contributed by atoms with Gasteiger partial charge in [0.05, 0.1) is 18.3 Å². The number of pyridine rings is 1. The number of ketones is 1. The number of hydrogen-bond acceptors (Lipinski definition) is 7. The second kappa shape index (κ2) is 10.3. The number of primary amides is 1. The smallest absolute Gasteiger partial charge is 0.403 e. The lowest BCUT2D eigenvalue weighted by Gasteiger charge is -2.26. The Balaban J connectivity index is 1.60. The van der Waals surface area contributed by atoms with Gasteiger partial charge >= 0.3 is 6.36 Å². The van der Waals surface area contributed by atoms with Crippen molar-refractivity contribution in [1.29, 1.82) is 0 Å². The molecule has 4 rings (SSSR count). The number of rotatable bonds is 8. The topological polar surface area (TPSA) is 130 Å². The summed E-state index contributed by atoms with van der Waals surface area (Å²) in [7, 11) is 1.12.